The zero-order valence-corrected chi connectivity index (χ0v) is 7.46. The Morgan fingerprint density at radius 2 is 1.75 bits per heavy atom. The summed E-state index contributed by atoms with van der Waals surface area (Å²) in [5.41, 5.74) is 5.88. The molecular formula is C10H17NO. The van der Waals surface area contributed by atoms with Crippen LogP contribution in [0.4, 0.5) is 0 Å². The Balaban J connectivity index is 1.93. The molecule has 12 heavy (non-hydrogen) atoms. The Morgan fingerprint density at radius 1 is 1.08 bits per heavy atom. The molecule has 2 atom stereocenters. The van der Waals surface area contributed by atoms with Gasteiger partial charge in [-0.3, -0.25) is 4.79 Å². The van der Waals surface area contributed by atoms with Gasteiger partial charge in [0.15, 0.2) is 0 Å². The molecular weight excluding hydrogens is 150 g/mol. The predicted octanol–water partition coefficient (Wildman–Crippen LogP) is 1.48. The Kier molecular flexibility index (Phi) is 2.18. The molecule has 0 bridgehead atoms. The van der Waals surface area contributed by atoms with Crippen LogP contribution in [0.3, 0.4) is 0 Å². The molecule has 0 aromatic rings. The second-order valence-electron chi connectivity index (χ2n) is 4.23. The number of rotatable bonds is 2. The molecule has 2 unspecified atom stereocenters. The third-order valence-electron chi connectivity index (χ3n) is 3.44. The van der Waals surface area contributed by atoms with Crippen molar-refractivity contribution in [2.24, 2.45) is 17.6 Å². The highest BCUT2D eigenvalue weighted by atomic mass is 16.1. The van der Waals surface area contributed by atoms with Crippen molar-refractivity contribution >= 4 is 5.78 Å². The summed E-state index contributed by atoms with van der Waals surface area (Å²) >= 11 is 0. The van der Waals surface area contributed by atoms with E-state index in [1.54, 1.807) is 0 Å². The van der Waals surface area contributed by atoms with Crippen LogP contribution < -0.4 is 5.73 Å². The molecule has 2 heteroatoms. The van der Waals surface area contributed by atoms with Gasteiger partial charge in [0.1, 0.15) is 5.78 Å². The first-order valence-electron chi connectivity index (χ1n) is 5.08. The minimum absolute atomic E-state index is 0.179. The van der Waals surface area contributed by atoms with E-state index in [-0.39, 0.29) is 12.0 Å². The van der Waals surface area contributed by atoms with Crippen molar-refractivity contribution in [3.8, 4) is 0 Å². The third-order valence-corrected chi connectivity index (χ3v) is 3.44. The fourth-order valence-electron chi connectivity index (χ4n) is 2.34. The second kappa shape index (κ2) is 3.17. The normalized spacial score (nSPS) is 36.4. The summed E-state index contributed by atoms with van der Waals surface area (Å²) in [6.07, 6.45) is 6.77. The lowest BCUT2D eigenvalue weighted by molar-refractivity contribution is -0.129. The van der Waals surface area contributed by atoms with Crippen LogP contribution in [0.15, 0.2) is 0 Å². The summed E-state index contributed by atoms with van der Waals surface area (Å²) in [5.74, 6) is 1.08. The fraction of sp³-hybridized carbons (Fsp3) is 0.900. The van der Waals surface area contributed by atoms with Crippen molar-refractivity contribution in [3.63, 3.8) is 0 Å². The van der Waals surface area contributed by atoms with E-state index in [2.05, 4.69) is 0 Å². The van der Waals surface area contributed by atoms with Crippen molar-refractivity contribution in [2.75, 3.05) is 0 Å². The minimum Gasteiger partial charge on any atom is -0.327 e. The van der Waals surface area contributed by atoms with Gasteiger partial charge in [-0.15, -0.1) is 0 Å². The van der Waals surface area contributed by atoms with Crippen molar-refractivity contribution in [3.05, 3.63) is 0 Å². The van der Waals surface area contributed by atoms with Crippen LogP contribution in [0.25, 0.3) is 0 Å². The average molecular weight is 167 g/mol. The fourth-order valence-corrected chi connectivity index (χ4v) is 2.34. The van der Waals surface area contributed by atoms with Crippen molar-refractivity contribution in [1.82, 2.24) is 0 Å². The Bertz CT molecular complexity index is 186. The van der Waals surface area contributed by atoms with Gasteiger partial charge in [-0.25, -0.2) is 0 Å². The van der Waals surface area contributed by atoms with Gasteiger partial charge in [0, 0.05) is 17.9 Å². The van der Waals surface area contributed by atoms with Gasteiger partial charge < -0.3 is 5.73 Å². The van der Waals surface area contributed by atoms with Gasteiger partial charge in [-0.05, 0) is 25.7 Å². The highest BCUT2D eigenvalue weighted by Gasteiger charge is 2.36. The molecule has 0 spiro atoms. The zero-order chi connectivity index (χ0) is 8.55. The lowest BCUT2D eigenvalue weighted by Gasteiger charge is -2.28. The predicted molar refractivity (Wildman–Crippen MR) is 47.7 cm³/mol. The molecule has 0 aliphatic heterocycles. The Labute approximate surface area is 73.5 Å². The van der Waals surface area contributed by atoms with E-state index in [1.807, 2.05) is 0 Å². The quantitative estimate of drug-likeness (QED) is 0.677. The molecule has 68 valence electrons. The number of Topliss-reactive ketones (excluding diaryl/α,β-unsaturated/α-hetero) is 1. The number of ketones is 1. The molecule has 2 fully saturated rings. The first-order valence-corrected chi connectivity index (χ1v) is 5.08. The molecule has 2 N–H and O–H groups in total. The molecule has 0 amide bonds. The van der Waals surface area contributed by atoms with Crippen LogP contribution in [0.5, 0.6) is 0 Å². The van der Waals surface area contributed by atoms with Gasteiger partial charge >= 0.3 is 0 Å². The molecule has 0 heterocycles. The van der Waals surface area contributed by atoms with Gasteiger partial charge in [-0.2, -0.15) is 0 Å². The highest BCUT2D eigenvalue weighted by Crippen LogP contribution is 2.34. The zero-order valence-electron chi connectivity index (χ0n) is 7.46. The average Bonchev–Trinajstić information content (AvgIpc) is 2.31. The van der Waals surface area contributed by atoms with Crippen molar-refractivity contribution in [1.29, 1.82) is 0 Å². The molecule has 2 aliphatic rings. The van der Waals surface area contributed by atoms with Crippen LogP contribution in [-0.2, 0) is 4.79 Å². The molecule has 0 radical (unpaired) electrons. The van der Waals surface area contributed by atoms with Gasteiger partial charge in [0.2, 0.25) is 0 Å². The van der Waals surface area contributed by atoms with E-state index in [1.165, 1.54) is 6.42 Å². The molecule has 0 aromatic carbocycles. The van der Waals surface area contributed by atoms with E-state index in [0.717, 1.165) is 32.1 Å². The number of carbonyl (C=O) groups is 1. The minimum atomic E-state index is 0.179. The maximum absolute atomic E-state index is 11.8. The van der Waals surface area contributed by atoms with E-state index >= 15 is 0 Å². The third kappa shape index (κ3) is 1.28. The topological polar surface area (TPSA) is 43.1 Å². The summed E-state index contributed by atoms with van der Waals surface area (Å²) in [6.45, 7) is 0. The second-order valence-corrected chi connectivity index (χ2v) is 4.23. The highest BCUT2D eigenvalue weighted by molar-refractivity contribution is 5.85. The van der Waals surface area contributed by atoms with E-state index in [9.17, 15) is 4.79 Å². The van der Waals surface area contributed by atoms with Crippen LogP contribution in [0.2, 0.25) is 0 Å². The van der Waals surface area contributed by atoms with Crippen LogP contribution in [0.1, 0.15) is 38.5 Å². The monoisotopic (exact) mass is 167 g/mol. The van der Waals surface area contributed by atoms with E-state index in [0.29, 0.717) is 11.7 Å². The van der Waals surface area contributed by atoms with Crippen LogP contribution in [0, 0.1) is 11.8 Å². The van der Waals surface area contributed by atoms with Crippen molar-refractivity contribution < 1.29 is 4.79 Å². The summed E-state index contributed by atoms with van der Waals surface area (Å²) in [5, 5.41) is 0. The first kappa shape index (κ1) is 8.24. The number of hydrogen-bond donors (Lipinski definition) is 1. The van der Waals surface area contributed by atoms with Gasteiger partial charge in [0.05, 0.1) is 0 Å². The lowest BCUT2D eigenvalue weighted by atomic mass is 9.76. The molecule has 2 aliphatic carbocycles. The van der Waals surface area contributed by atoms with Crippen LogP contribution in [-0.4, -0.2) is 11.8 Å². The Hall–Kier alpha value is -0.370. The summed E-state index contributed by atoms with van der Waals surface area (Å²) in [4.78, 5) is 11.8. The Morgan fingerprint density at radius 3 is 2.17 bits per heavy atom. The van der Waals surface area contributed by atoms with Crippen LogP contribution >= 0.6 is 0 Å². The smallest absolute Gasteiger partial charge is 0.140 e. The van der Waals surface area contributed by atoms with E-state index < -0.39 is 0 Å². The molecule has 2 rings (SSSR count). The number of nitrogens with two attached hydrogens (primary N) is 1. The first-order chi connectivity index (χ1) is 5.79. The van der Waals surface area contributed by atoms with Gasteiger partial charge in [0.25, 0.3) is 0 Å². The van der Waals surface area contributed by atoms with Crippen molar-refractivity contribution in [2.45, 2.75) is 44.6 Å². The number of hydrogen-bond acceptors (Lipinski definition) is 2. The molecule has 2 saturated carbocycles. The summed E-state index contributed by atoms with van der Waals surface area (Å²) in [6, 6.07) is 0.179. The summed E-state index contributed by atoms with van der Waals surface area (Å²) < 4.78 is 0. The maximum Gasteiger partial charge on any atom is 0.140 e. The standard InChI is InChI=1S/C10H17NO/c11-9-6-2-5-8(9)10(12)7-3-1-4-7/h7-9H,1-6,11H2. The molecule has 0 aromatic heterocycles. The van der Waals surface area contributed by atoms with Gasteiger partial charge in [-0.1, -0.05) is 12.8 Å². The molecule has 2 nitrogen and oxygen atoms in total. The maximum atomic E-state index is 11.8. The summed E-state index contributed by atoms with van der Waals surface area (Å²) in [7, 11) is 0. The lowest BCUT2D eigenvalue weighted by Crippen LogP contribution is -2.36. The largest absolute Gasteiger partial charge is 0.327 e. The SMILES string of the molecule is NC1CCCC1C(=O)C1CCC1. The number of carbonyl (C=O) groups excluding carboxylic acids is 1. The molecule has 0 saturated heterocycles. The van der Waals surface area contributed by atoms with E-state index in [4.69, 9.17) is 5.73 Å².